The average molecular weight is 198 g/mol. The van der Waals surface area contributed by atoms with E-state index in [0.29, 0.717) is 6.54 Å². The summed E-state index contributed by atoms with van der Waals surface area (Å²) in [5, 5.41) is 0. The van der Waals surface area contributed by atoms with Gasteiger partial charge in [-0.2, -0.15) is 0 Å². The number of aromatic nitrogens is 1. The first-order chi connectivity index (χ1) is 6.35. The van der Waals surface area contributed by atoms with Crippen molar-refractivity contribution in [2.24, 2.45) is 5.73 Å². The van der Waals surface area contributed by atoms with E-state index in [1.54, 1.807) is 11.3 Å². The first kappa shape index (κ1) is 9.12. The molecule has 1 aromatic rings. The van der Waals surface area contributed by atoms with Crippen LogP contribution in [0.15, 0.2) is 11.7 Å². The van der Waals surface area contributed by atoms with Gasteiger partial charge in [-0.15, -0.1) is 11.3 Å². The van der Waals surface area contributed by atoms with Crippen LogP contribution >= 0.6 is 11.3 Å². The number of ether oxygens (including phenoxy) is 1. The van der Waals surface area contributed by atoms with Gasteiger partial charge in [0.2, 0.25) is 0 Å². The molecule has 1 unspecified atom stereocenters. The Morgan fingerprint density at radius 3 is 3.15 bits per heavy atom. The average Bonchev–Trinajstić information content (AvgIpc) is 2.77. The highest BCUT2D eigenvalue weighted by Gasteiger charge is 2.34. The monoisotopic (exact) mass is 198 g/mol. The molecule has 1 atom stereocenters. The Bertz CT molecular complexity index is 255. The third-order valence-corrected chi connectivity index (χ3v) is 3.32. The number of hydrogen-bond donors (Lipinski definition) is 1. The molecule has 1 fully saturated rings. The Hall–Kier alpha value is -0.450. The maximum absolute atomic E-state index is 5.74. The van der Waals surface area contributed by atoms with Crippen molar-refractivity contribution in [3.05, 3.63) is 16.6 Å². The van der Waals surface area contributed by atoms with E-state index in [9.17, 15) is 0 Å². The summed E-state index contributed by atoms with van der Waals surface area (Å²) >= 11 is 1.68. The molecule has 2 rings (SSSR count). The highest BCUT2D eigenvalue weighted by atomic mass is 32.1. The molecule has 1 aliphatic heterocycles. The summed E-state index contributed by atoms with van der Waals surface area (Å²) in [5.74, 6) is 0. The van der Waals surface area contributed by atoms with E-state index in [2.05, 4.69) is 4.98 Å². The van der Waals surface area contributed by atoms with Crippen LogP contribution in [-0.4, -0.2) is 23.7 Å². The van der Waals surface area contributed by atoms with Crippen LogP contribution in [0.1, 0.15) is 17.7 Å². The lowest BCUT2D eigenvalue weighted by molar-refractivity contribution is 0.0128. The number of nitrogens with zero attached hydrogens (tertiary/aromatic N) is 1. The zero-order chi connectivity index (χ0) is 9.15. The molecule has 2 N–H and O–H groups in total. The molecule has 72 valence electrons. The van der Waals surface area contributed by atoms with Crippen LogP contribution in [-0.2, 0) is 11.2 Å². The van der Waals surface area contributed by atoms with Gasteiger partial charge in [0.05, 0.1) is 11.1 Å². The molecule has 1 aliphatic rings. The van der Waals surface area contributed by atoms with Gasteiger partial charge in [0, 0.05) is 30.6 Å². The van der Waals surface area contributed by atoms with E-state index >= 15 is 0 Å². The largest absolute Gasteiger partial charge is 0.373 e. The van der Waals surface area contributed by atoms with Crippen LogP contribution in [0, 0.1) is 0 Å². The lowest BCUT2D eigenvalue weighted by Crippen LogP contribution is -2.39. The lowest BCUT2D eigenvalue weighted by atomic mass is 9.96. The summed E-state index contributed by atoms with van der Waals surface area (Å²) in [6.07, 6.45) is 5.05. The number of hydrogen-bond acceptors (Lipinski definition) is 4. The van der Waals surface area contributed by atoms with Crippen molar-refractivity contribution in [1.82, 2.24) is 4.98 Å². The minimum atomic E-state index is -0.0907. The fourth-order valence-corrected chi connectivity index (χ4v) is 2.50. The molecular weight excluding hydrogens is 184 g/mol. The van der Waals surface area contributed by atoms with Crippen LogP contribution in [0.2, 0.25) is 0 Å². The van der Waals surface area contributed by atoms with Gasteiger partial charge in [-0.25, -0.2) is 0 Å². The van der Waals surface area contributed by atoms with E-state index in [1.807, 2.05) is 11.7 Å². The van der Waals surface area contributed by atoms with Gasteiger partial charge >= 0.3 is 0 Å². The highest BCUT2D eigenvalue weighted by molar-refractivity contribution is 7.09. The predicted molar refractivity (Wildman–Crippen MR) is 52.8 cm³/mol. The second kappa shape index (κ2) is 3.74. The zero-order valence-electron chi connectivity index (χ0n) is 7.53. The van der Waals surface area contributed by atoms with Gasteiger partial charge in [-0.1, -0.05) is 0 Å². The maximum Gasteiger partial charge on any atom is 0.0853 e. The molecule has 0 aliphatic carbocycles. The Labute approximate surface area is 81.9 Å². The van der Waals surface area contributed by atoms with Gasteiger partial charge in [0.15, 0.2) is 0 Å². The van der Waals surface area contributed by atoms with Gasteiger partial charge < -0.3 is 10.5 Å². The molecule has 1 saturated heterocycles. The minimum absolute atomic E-state index is 0.0907. The molecule has 0 saturated carbocycles. The molecule has 0 spiro atoms. The smallest absolute Gasteiger partial charge is 0.0853 e. The zero-order valence-corrected chi connectivity index (χ0v) is 8.35. The molecular formula is C9H14N2OS. The van der Waals surface area contributed by atoms with Crippen molar-refractivity contribution in [1.29, 1.82) is 0 Å². The van der Waals surface area contributed by atoms with Crippen molar-refractivity contribution in [3.63, 3.8) is 0 Å². The van der Waals surface area contributed by atoms with Crippen molar-refractivity contribution in [2.75, 3.05) is 13.2 Å². The summed E-state index contributed by atoms with van der Waals surface area (Å²) in [6.45, 7) is 1.47. The van der Waals surface area contributed by atoms with Gasteiger partial charge in [-0.05, 0) is 12.8 Å². The molecule has 13 heavy (non-hydrogen) atoms. The molecule has 1 aromatic heterocycles. The Morgan fingerprint density at radius 1 is 1.69 bits per heavy atom. The van der Waals surface area contributed by atoms with Gasteiger partial charge in [0.25, 0.3) is 0 Å². The number of nitrogens with two attached hydrogens (primary N) is 1. The fraction of sp³-hybridized carbons (Fsp3) is 0.667. The van der Waals surface area contributed by atoms with Gasteiger partial charge in [0.1, 0.15) is 0 Å². The SMILES string of the molecule is NCC1(Cc2cncs2)CCCO1. The molecule has 0 radical (unpaired) electrons. The van der Waals surface area contributed by atoms with E-state index in [-0.39, 0.29) is 5.60 Å². The molecule has 0 amide bonds. The van der Waals surface area contributed by atoms with Crippen molar-refractivity contribution < 1.29 is 4.74 Å². The van der Waals surface area contributed by atoms with Crippen LogP contribution in [0.5, 0.6) is 0 Å². The third kappa shape index (κ3) is 1.90. The summed E-state index contributed by atoms with van der Waals surface area (Å²) in [5.41, 5.74) is 7.51. The Balaban J connectivity index is 2.06. The maximum atomic E-state index is 5.74. The first-order valence-electron chi connectivity index (χ1n) is 4.56. The van der Waals surface area contributed by atoms with E-state index in [1.165, 1.54) is 4.88 Å². The summed E-state index contributed by atoms with van der Waals surface area (Å²) < 4.78 is 5.72. The van der Waals surface area contributed by atoms with E-state index < -0.39 is 0 Å². The molecule has 2 heterocycles. The first-order valence-corrected chi connectivity index (χ1v) is 5.44. The number of rotatable bonds is 3. The Kier molecular flexibility index (Phi) is 2.62. The van der Waals surface area contributed by atoms with E-state index in [4.69, 9.17) is 10.5 Å². The summed E-state index contributed by atoms with van der Waals surface area (Å²) in [6, 6.07) is 0. The van der Waals surface area contributed by atoms with E-state index in [0.717, 1.165) is 25.9 Å². The van der Waals surface area contributed by atoms with Crippen LogP contribution in [0.3, 0.4) is 0 Å². The molecule has 3 nitrogen and oxygen atoms in total. The van der Waals surface area contributed by atoms with Crippen LogP contribution in [0.4, 0.5) is 0 Å². The van der Waals surface area contributed by atoms with Crippen LogP contribution in [0.25, 0.3) is 0 Å². The molecule has 4 heteroatoms. The lowest BCUT2D eigenvalue weighted by Gasteiger charge is -2.25. The van der Waals surface area contributed by atoms with Gasteiger partial charge in [-0.3, -0.25) is 4.98 Å². The van der Waals surface area contributed by atoms with Crippen molar-refractivity contribution in [3.8, 4) is 0 Å². The van der Waals surface area contributed by atoms with Crippen molar-refractivity contribution in [2.45, 2.75) is 24.9 Å². The minimum Gasteiger partial charge on any atom is -0.373 e. The second-order valence-electron chi connectivity index (χ2n) is 3.48. The standard InChI is InChI=1S/C9H14N2OS/c10-6-9(2-1-3-12-9)4-8-5-11-7-13-8/h5,7H,1-4,6,10H2. The van der Waals surface area contributed by atoms with Crippen LogP contribution < -0.4 is 5.73 Å². The molecule has 0 bridgehead atoms. The third-order valence-electron chi connectivity index (χ3n) is 2.54. The normalized spacial score (nSPS) is 28.1. The summed E-state index contributed by atoms with van der Waals surface area (Å²) in [7, 11) is 0. The molecule has 0 aromatic carbocycles. The number of thiazole rings is 1. The second-order valence-corrected chi connectivity index (χ2v) is 4.45. The Morgan fingerprint density at radius 2 is 2.62 bits per heavy atom. The highest BCUT2D eigenvalue weighted by Crippen LogP contribution is 2.29. The van der Waals surface area contributed by atoms with Crippen molar-refractivity contribution >= 4 is 11.3 Å². The quantitative estimate of drug-likeness (QED) is 0.793. The topological polar surface area (TPSA) is 48.1 Å². The fourth-order valence-electron chi connectivity index (χ4n) is 1.77. The summed E-state index contributed by atoms with van der Waals surface area (Å²) in [4.78, 5) is 5.32. The predicted octanol–water partition coefficient (Wildman–Crippen LogP) is 1.19.